The van der Waals surface area contributed by atoms with Crippen molar-refractivity contribution in [2.45, 2.75) is 4.90 Å². The number of nitrogens with one attached hydrogen (secondary N) is 1. The maximum Gasteiger partial charge on any atom is 0.264 e. The summed E-state index contributed by atoms with van der Waals surface area (Å²) in [5.41, 5.74) is 0.867. The quantitative estimate of drug-likeness (QED) is 0.549. The topological polar surface area (TPSA) is 84.9 Å². The molecule has 0 bridgehead atoms. The van der Waals surface area contributed by atoms with E-state index in [1.54, 1.807) is 60.7 Å². The summed E-state index contributed by atoms with van der Waals surface area (Å²) in [4.78, 5) is 12.8. The van der Waals surface area contributed by atoms with Crippen LogP contribution in [-0.4, -0.2) is 34.1 Å². The Morgan fingerprint density at radius 1 is 0.935 bits per heavy atom. The molecule has 0 spiro atoms. The minimum absolute atomic E-state index is 0.0846. The maximum atomic E-state index is 13.4. The number of rotatable bonds is 6. The van der Waals surface area contributed by atoms with E-state index in [2.05, 4.69) is 21.2 Å². The van der Waals surface area contributed by atoms with Crippen molar-refractivity contribution in [1.82, 2.24) is 0 Å². The zero-order valence-electron chi connectivity index (χ0n) is 16.3. The second kappa shape index (κ2) is 8.99. The zero-order chi connectivity index (χ0) is 21.8. The van der Waals surface area contributed by atoms with Crippen LogP contribution in [0.5, 0.6) is 11.5 Å². The van der Waals surface area contributed by atoms with Crippen LogP contribution >= 0.6 is 15.9 Å². The molecule has 1 aliphatic heterocycles. The van der Waals surface area contributed by atoms with E-state index in [-0.39, 0.29) is 4.90 Å². The Hall–Kier alpha value is -3.04. The standard InChI is InChI=1S/C22H19BrN2O5S/c23-16-6-8-17(9-7-16)24-22(26)15-25(31(27,28)19-4-2-1-3-5-19)18-10-11-20-21(14-18)30-13-12-29-20/h1-11,14H,12-13,15H2,(H,24,26). The van der Waals surface area contributed by atoms with Crippen molar-refractivity contribution < 1.29 is 22.7 Å². The lowest BCUT2D eigenvalue weighted by Gasteiger charge is -2.26. The molecule has 160 valence electrons. The molecule has 1 heterocycles. The van der Waals surface area contributed by atoms with Crippen molar-refractivity contribution in [3.63, 3.8) is 0 Å². The fourth-order valence-electron chi connectivity index (χ4n) is 3.09. The number of sulfonamides is 1. The van der Waals surface area contributed by atoms with Gasteiger partial charge in [0, 0.05) is 16.2 Å². The molecule has 31 heavy (non-hydrogen) atoms. The fourth-order valence-corrected chi connectivity index (χ4v) is 4.78. The number of carbonyl (C=O) groups is 1. The van der Waals surface area contributed by atoms with Gasteiger partial charge in [0.05, 0.1) is 10.6 Å². The van der Waals surface area contributed by atoms with Crippen LogP contribution in [0.2, 0.25) is 0 Å². The van der Waals surface area contributed by atoms with Crippen LogP contribution in [0.25, 0.3) is 0 Å². The number of halogens is 1. The number of anilines is 2. The molecule has 3 aromatic rings. The van der Waals surface area contributed by atoms with Gasteiger partial charge in [0.2, 0.25) is 5.91 Å². The Morgan fingerprint density at radius 2 is 1.61 bits per heavy atom. The largest absolute Gasteiger partial charge is 0.486 e. The van der Waals surface area contributed by atoms with Gasteiger partial charge in [-0.25, -0.2) is 8.42 Å². The summed E-state index contributed by atoms with van der Waals surface area (Å²) in [5, 5.41) is 2.73. The summed E-state index contributed by atoms with van der Waals surface area (Å²) in [6.45, 7) is 0.382. The fraction of sp³-hybridized carbons (Fsp3) is 0.136. The van der Waals surface area contributed by atoms with Crippen molar-refractivity contribution >= 4 is 43.2 Å². The lowest BCUT2D eigenvalue weighted by atomic mass is 10.2. The molecule has 1 N–H and O–H groups in total. The van der Waals surface area contributed by atoms with E-state index in [4.69, 9.17) is 9.47 Å². The van der Waals surface area contributed by atoms with E-state index >= 15 is 0 Å². The molecule has 1 aliphatic rings. The second-order valence-electron chi connectivity index (χ2n) is 6.71. The molecule has 7 nitrogen and oxygen atoms in total. The van der Waals surface area contributed by atoms with Gasteiger partial charge in [-0.1, -0.05) is 34.1 Å². The number of ether oxygens (including phenoxy) is 2. The smallest absolute Gasteiger partial charge is 0.264 e. The summed E-state index contributed by atoms with van der Waals surface area (Å²) in [6, 6.07) is 19.8. The molecule has 0 fully saturated rings. The molecule has 9 heteroatoms. The first-order valence-corrected chi connectivity index (χ1v) is 11.7. The van der Waals surface area contributed by atoms with E-state index in [1.165, 1.54) is 12.1 Å². The molecule has 0 atom stereocenters. The highest BCUT2D eigenvalue weighted by Gasteiger charge is 2.28. The monoisotopic (exact) mass is 502 g/mol. The molecule has 0 saturated carbocycles. The number of carbonyl (C=O) groups excluding carboxylic acids is 1. The van der Waals surface area contributed by atoms with Crippen LogP contribution in [-0.2, 0) is 14.8 Å². The van der Waals surface area contributed by atoms with Gasteiger partial charge in [-0.15, -0.1) is 0 Å². The number of nitrogens with zero attached hydrogens (tertiary/aromatic N) is 1. The Bertz CT molecular complexity index is 1180. The highest BCUT2D eigenvalue weighted by molar-refractivity contribution is 9.10. The van der Waals surface area contributed by atoms with Crippen LogP contribution < -0.4 is 19.1 Å². The highest BCUT2D eigenvalue weighted by Crippen LogP contribution is 2.35. The van der Waals surface area contributed by atoms with Crippen LogP contribution in [0.15, 0.2) is 82.2 Å². The summed E-state index contributed by atoms with van der Waals surface area (Å²) in [7, 11) is -4.01. The third-order valence-electron chi connectivity index (χ3n) is 4.56. The van der Waals surface area contributed by atoms with Crippen molar-refractivity contribution in [2.75, 3.05) is 29.4 Å². The minimum atomic E-state index is -4.01. The number of fused-ring (bicyclic) bond motifs is 1. The summed E-state index contributed by atoms with van der Waals surface area (Å²) < 4.78 is 39.9. The maximum absolute atomic E-state index is 13.4. The molecular formula is C22H19BrN2O5S. The minimum Gasteiger partial charge on any atom is -0.486 e. The highest BCUT2D eigenvalue weighted by atomic mass is 79.9. The number of hydrogen-bond acceptors (Lipinski definition) is 5. The molecule has 0 radical (unpaired) electrons. The van der Waals surface area contributed by atoms with Gasteiger partial charge in [-0.05, 0) is 48.5 Å². The second-order valence-corrected chi connectivity index (χ2v) is 9.49. The van der Waals surface area contributed by atoms with E-state index in [0.717, 1.165) is 8.78 Å². The number of amides is 1. The van der Waals surface area contributed by atoms with E-state index < -0.39 is 22.5 Å². The van der Waals surface area contributed by atoms with Crippen LogP contribution in [0.1, 0.15) is 0 Å². The Kier molecular flexibility index (Phi) is 6.15. The third kappa shape index (κ3) is 4.83. The first kappa shape index (κ1) is 21.2. The Labute approximate surface area is 188 Å². The van der Waals surface area contributed by atoms with Gasteiger partial charge < -0.3 is 14.8 Å². The van der Waals surface area contributed by atoms with Gasteiger partial charge in [-0.3, -0.25) is 9.10 Å². The third-order valence-corrected chi connectivity index (χ3v) is 6.88. The van der Waals surface area contributed by atoms with Gasteiger partial charge >= 0.3 is 0 Å². The Balaban J connectivity index is 1.67. The summed E-state index contributed by atoms with van der Waals surface area (Å²) in [6.07, 6.45) is 0. The molecular weight excluding hydrogens is 484 g/mol. The normalized spacial score (nSPS) is 12.8. The van der Waals surface area contributed by atoms with Gasteiger partial charge in [0.1, 0.15) is 19.8 Å². The lowest BCUT2D eigenvalue weighted by Crippen LogP contribution is -2.38. The predicted molar refractivity (Wildman–Crippen MR) is 121 cm³/mol. The van der Waals surface area contributed by atoms with E-state index in [1.807, 2.05) is 0 Å². The molecule has 1 amide bonds. The average molecular weight is 503 g/mol. The van der Waals surface area contributed by atoms with Gasteiger partial charge in [0.25, 0.3) is 10.0 Å². The van der Waals surface area contributed by atoms with Gasteiger partial charge in [-0.2, -0.15) is 0 Å². The lowest BCUT2D eigenvalue weighted by molar-refractivity contribution is -0.114. The molecule has 0 unspecified atom stereocenters. The van der Waals surface area contributed by atoms with Crippen molar-refractivity contribution in [2.24, 2.45) is 0 Å². The van der Waals surface area contributed by atoms with Crippen molar-refractivity contribution in [1.29, 1.82) is 0 Å². The summed E-state index contributed by atoms with van der Waals surface area (Å²) in [5.74, 6) is 0.494. The zero-order valence-corrected chi connectivity index (χ0v) is 18.7. The van der Waals surface area contributed by atoms with Crippen LogP contribution in [0.3, 0.4) is 0 Å². The number of benzene rings is 3. The first-order chi connectivity index (χ1) is 14.9. The Morgan fingerprint density at radius 3 is 2.32 bits per heavy atom. The van der Waals surface area contributed by atoms with Crippen molar-refractivity contribution in [3.8, 4) is 11.5 Å². The average Bonchev–Trinajstić information content (AvgIpc) is 2.79. The van der Waals surface area contributed by atoms with E-state index in [0.29, 0.717) is 36.1 Å². The van der Waals surface area contributed by atoms with E-state index in [9.17, 15) is 13.2 Å². The number of hydrogen-bond donors (Lipinski definition) is 1. The molecule has 4 rings (SSSR count). The molecule has 0 aliphatic carbocycles. The molecule has 0 aromatic heterocycles. The van der Waals surface area contributed by atoms with Crippen molar-refractivity contribution in [3.05, 3.63) is 77.3 Å². The summed E-state index contributed by atoms with van der Waals surface area (Å²) >= 11 is 3.34. The molecule has 3 aromatic carbocycles. The van der Waals surface area contributed by atoms with Crippen LogP contribution in [0, 0.1) is 0 Å². The van der Waals surface area contributed by atoms with Gasteiger partial charge in [0.15, 0.2) is 11.5 Å². The van der Waals surface area contributed by atoms with Crippen LogP contribution in [0.4, 0.5) is 11.4 Å². The molecule has 0 saturated heterocycles. The predicted octanol–water partition coefficient (Wildman–Crippen LogP) is 4.05. The SMILES string of the molecule is O=C(CN(c1ccc2c(c1)OCCO2)S(=O)(=O)c1ccccc1)Nc1ccc(Br)cc1. The first-order valence-electron chi connectivity index (χ1n) is 9.46.